The highest BCUT2D eigenvalue weighted by Crippen LogP contribution is 2.04. The minimum absolute atomic E-state index is 0.866. The van der Waals surface area contributed by atoms with Crippen molar-refractivity contribution < 1.29 is 9.90 Å². The molecule has 2 nitrogen and oxygen atoms in total. The Labute approximate surface area is 71.2 Å². The third kappa shape index (κ3) is 2.58. The molecule has 0 N–H and O–H groups in total. The van der Waals surface area contributed by atoms with E-state index in [1.54, 1.807) is 0 Å². The number of carboxylic acid groups (broad SMARTS) is 1. The van der Waals surface area contributed by atoms with Gasteiger partial charge in [-0.1, -0.05) is 35.9 Å². The SMILES string of the molecule is Cc1ccc(/C=C\C(=O)[O-])cc1. The Morgan fingerprint density at radius 3 is 2.42 bits per heavy atom. The summed E-state index contributed by atoms with van der Waals surface area (Å²) < 4.78 is 0. The summed E-state index contributed by atoms with van der Waals surface area (Å²) in [5, 5.41) is 10.0. The number of hydrogen-bond acceptors (Lipinski definition) is 2. The van der Waals surface area contributed by atoms with Gasteiger partial charge in [-0.3, -0.25) is 0 Å². The van der Waals surface area contributed by atoms with E-state index in [0.29, 0.717) is 0 Å². The van der Waals surface area contributed by atoms with E-state index in [4.69, 9.17) is 0 Å². The number of aryl methyl sites for hydroxylation is 1. The standard InChI is InChI=1S/C10H10O2/c1-8-2-4-9(5-3-8)6-7-10(11)12/h2-7H,1H3,(H,11,12)/p-1/b7-6-. The molecular weight excluding hydrogens is 152 g/mol. The Kier molecular flexibility index (Phi) is 2.64. The van der Waals surface area contributed by atoms with Crippen LogP contribution in [0.25, 0.3) is 6.08 Å². The van der Waals surface area contributed by atoms with Gasteiger partial charge >= 0.3 is 0 Å². The zero-order chi connectivity index (χ0) is 8.97. The number of hydrogen-bond donors (Lipinski definition) is 0. The molecule has 0 saturated heterocycles. The van der Waals surface area contributed by atoms with Crippen LogP contribution in [-0.4, -0.2) is 5.97 Å². The first kappa shape index (κ1) is 8.53. The van der Waals surface area contributed by atoms with Gasteiger partial charge in [0.1, 0.15) is 0 Å². The number of aliphatic carboxylic acids is 1. The van der Waals surface area contributed by atoms with Gasteiger partial charge < -0.3 is 9.90 Å². The second-order valence-corrected chi connectivity index (χ2v) is 2.56. The Morgan fingerprint density at radius 1 is 1.33 bits per heavy atom. The maximum Gasteiger partial charge on any atom is 0.0643 e. The first-order chi connectivity index (χ1) is 5.68. The van der Waals surface area contributed by atoms with E-state index in [1.807, 2.05) is 31.2 Å². The summed E-state index contributed by atoms with van der Waals surface area (Å²) in [5.41, 5.74) is 2.02. The van der Waals surface area contributed by atoms with Crippen molar-refractivity contribution >= 4 is 12.0 Å². The van der Waals surface area contributed by atoms with Crippen molar-refractivity contribution in [1.82, 2.24) is 0 Å². The first-order valence-electron chi connectivity index (χ1n) is 3.64. The molecule has 0 aliphatic carbocycles. The van der Waals surface area contributed by atoms with Gasteiger partial charge in [0, 0.05) is 0 Å². The molecule has 2 heteroatoms. The van der Waals surface area contributed by atoms with Crippen LogP contribution in [0.15, 0.2) is 30.3 Å². The van der Waals surface area contributed by atoms with Crippen molar-refractivity contribution in [2.24, 2.45) is 0 Å². The molecular formula is C10H9O2-. The van der Waals surface area contributed by atoms with Crippen LogP contribution in [0, 0.1) is 6.92 Å². The van der Waals surface area contributed by atoms with Gasteiger partial charge in [-0.25, -0.2) is 0 Å². The van der Waals surface area contributed by atoms with Crippen molar-refractivity contribution in [3.05, 3.63) is 41.5 Å². The van der Waals surface area contributed by atoms with Gasteiger partial charge in [-0.05, 0) is 18.6 Å². The quantitative estimate of drug-likeness (QED) is 0.601. The lowest BCUT2D eigenvalue weighted by molar-refractivity contribution is -0.297. The van der Waals surface area contributed by atoms with E-state index in [0.717, 1.165) is 17.2 Å². The predicted octanol–water partition coefficient (Wildman–Crippen LogP) is 0.758. The molecule has 0 bridgehead atoms. The molecule has 1 aromatic rings. The molecule has 0 amide bonds. The minimum Gasteiger partial charge on any atom is -0.545 e. The molecule has 0 saturated carbocycles. The summed E-state index contributed by atoms with van der Waals surface area (Å²) in [6, 6.07) is 7.56. The van der Waals surface area contributed by atoms with E-state index in [9.17, 15) is 9.90 Å². The highest BCUT2D eigenvalue weighted by Gasteiger charge is 1.85. The highest BCUT2D eigenvalue weighted by atomic mass is 16.4. The van der Waals surface area contributed by atoms with E-state index >= 15 is 0 Å². The summed E-state index contributed by atoms with van der Waals surface area (Å²) >= 11 is 0. The second-order valence-electron chi connectivity index (χ2n) is 2.56. The summed E-state index contributed by atoms with van der Waals surface area (Å²) in [5.74, 6) is -1.17. The summed E-state index contributed by atoms with van der Waals surface area (Å²) in [4.78, 5) is 10.0. The van der Waals surface area contributed by atoms with Gasteiger partial charge in [0.25, 0.3) is 0 Å². The van der Waals surface area contributed by atoms with Crippen molar-refractivity contribution in [1.29, 1.82) is 0 Å². The lowest BCUT2D eigenvalue weighted by Gasteiger charge is -1.94. The number of benzene rings is 1. The fraction of sp³-hybridized carbons (Fsp3) is 0.100. The van der Waals surface area contributed by atoms with Crippen LogP contribution in [0.4, 0.5) is 0 Å². The van der Waals surface area contributed by atoms with Crippen LogP contribution in [0.2, 0.25) is 0 Å². The number of carbonyl (C=O) groups excluding carboxylic acids is 1. The molecule has 0 unspecified atom stereocenters. The van der Waals surface area contributed by atoms with E-state index in [-0.39, 0.29) is 0 Å². The van der Waals surface area contributed by atoms with Crippen molar-refractivity contribution in [3.63, 3.8) is 0 Å². The molecule has 1 rings (SSSR count). The Bertz CT molecular complexity index is 296. The summed E-state index contributed by atoms with van der Waals surface area (Å²) in [6.07, 6.45) is 2.53. The van der Waals surface area contributed by atoms with E-state index in [2.05, 4.69) is 0 Å². The van der Waals surface area contributed by atoms with E-state index < -0.39 is 5.97 Å². The topological polar surface area (TPSA) is 40.1 Å². The Morgan fingerprint density at radius 2 is 1.92 bits per heavy atom. The second kappa shape index (κ2) is 3.72. The largest absolute Gasteiger partial charge is 0.545 e. The maximum absolute atomic E-state index is 10.0. The molecule has 0 aromatic heterocycles. The third-order valence-electron chi connectivity index (χ3n) is 1.49. The molecule has 0 atom stereocenters. The van der Waals surface area contributed by atoms with Crippen LogP contribution < -0.4 is 5.11 Å². The molecule has 0 heterocycles. The predicted molar refractivity (Wildman–Crippen MR) is 45.2 cm³/mol. The molecule has 0 fully saturated rings. The molecule has 1 aromatic carbocycles. The van der Waals surface area contributed by atoms with Gasteiger partial charge in [-0.15, -0.1) is 0 Å². The average Bonchev–Trinajstić information content (AvgIpc) is 2.03. The maximum atomic E-state index is 10.0. The molecule has 12 heavy (non-hydrogen) atoms. The lowest BCUT2D eigenvalue weighted by Crippen LogP contribution is -2.18. The molecule has 62 valence electrons. The van der Waals surface area contributed by atoms with Gasteiger partial charge in [0.2, 0.25) is 0 Å². The zero-order valence-electron chi connectivity index (χ0n) is 6.78. The highest BCUT2D eigenvalue weighted by molar-refractivity contribution is 5.83. The number of carbonyl (C=O) groups is 1. The van der Waals surface area contributed by atoms with Crippen molar-refractivity contribution in [2.75, 3.05) is 0 Å². The summed E-state index contributed by atoms with van der Waals surface area (Å²) in [7, 11) is 0. The molecule has 0 spiro atoms. The Hall–Kier alpha value is -1.57. The monoisotopic (exact) mass is 161 g/mol. The van der Waals surface area contributed by atoms with Gasteiger partial charge in [0.05, 0.1) is 5.97 Å². The molecule has 0 aliphatic rings. The fourth-order valence-corrected chi connectivity index (χ4v) is 0.842. The molecule has 0 aliphatic heterocycles. The van der Waals surface area contributed by atoms with Crippen LogP contribution in [-0.2, 0) is 4.79 Å². The van der Waals surface area contributed by atoms with Crippen LogP contribution in [0.1, 0.15) is 11.1 Å². The van der Waals surface area contributed by atoms with Crippen LogP contribution >= 0.6 is 0 Å². The van der Waals surface area contributed by atoms with Crippen LogP contribution in [0.5, 0.6) is 0 Å². The fourth-order valence-electron chi connectivity index (χ4n) is 0.842. The van der Waals surface area contributed by atoms with E-state index in [1.165, 1.54) is 6.08 Å². The number of rotatable bonds is 2. The third-order valence-corrected chi connectivity index (χ3v) is 1.49. The number of carboxylic acids is 1. The average molecular weight is 161 g/mol. The van der Waals surface area contributed by atoms with Gasteiger partial charge in [-0.2, -0.15) is 0 Å². The van der Waals surface area contributed by atoms with Crippen molar-refractivity contribution in [3.8, 4) is 0 Å². The summed E-state index contributed by atoms with van der Waals surface area (Å²) in [6.45, 7) is 1.98. The molecule has 0 radical (unpaired) electrons. The first-order valence-corrected chi connectivity index (χ1v) is 3.64. The smallest absolute Gasteiger partial charge is 0.0643 e. The Balaban J connectivity index is 2.77. The normalized spacial score (nSPS) is 10.4. The van der Waals surface area contributed by atoms with Gasteiger partial charge in [0.15, 0.2) is 0 Å². The van der Waals surface area contributed by atoms with Crippen LogP contribution in [0.3, 0.4) is 0 Å². The zero-order valence-corrected chi connectivity index (χ0v) is 6.78. The van der Waals surface area contributed by atoms with Crippen molar-refractivity contribution in [2.45, 2.75) is 6.92 Å². The lowest BCUT2D eigenvalue weighted by atomic mass is 10.1. The minimum atomic E-state index is -1.17.